The van der Waals surface area contributed by atoms with Gasteiger partial charge in [-0.25, -0.2) is 9.78 Å². The van der Waals surface area contributed by atoms with Crippen molar-refractivity contribution >= 4 is 52.9 Å². The van der Waals surface area contributed by atoms with Gasteiger partial charge in [0.05, 0.1) is 31.9 Å². The van der Waals surface area contributed by atoms with Crippen LogP contribution in [0.4, 0.5) is 10.5 Å². The van der Waals surface area contributed by atoms with Gasteiger partial charge in [0.2, 0.25) is 11.8 Å². The third kappa shape index (κ3) is 8.61. The first-order valence-electron chi connectivity index (χ1n) is 12.7. The Morgan fingerprint density at radius 3 is 2.60 bits per heavy atom. The van der Waals surface area contributed by atoms with E-state index in [1.807, 2.05) is 0 Å². The Morgan fingerprint density at radius 2 is 1.91 bits per heavy atom. The summed E-state index contributed by atoms with van der Waals surface area (Å²) < 4.78 is 11.0. The number of ether oxygens (including phenoxy) is 2. The molecule has 2 heterocycles. The number of benzene rings is 2. The summed E-state index contributed by atoms with van der Waals surface area (Å²) >= 11 is 12.7. The zero-order valence-corrected chi connectivity index (χ0v) is 24.5. The second-order valence-electron chi connectivity index (χ2n) is 8.88. The van der Waals surface area contributed by atoms with E-state index in [9.17, 15) is 14.4 Å². The van der Waals surface area contributed by atoms with Crippen molar-refractivity contribution in [2.45, 2.75) is 12.5 Å². The van der Waals surface area contributed by atoms with Gasteiger partial charge in [0.25, 0.3) is 0 Å². The number of methoxy groups -OCH3 is 2. The van der Waals surface area contributed by atoms with Crippen LogP contribution in [0.25, 0.3) is 23.0 Å². The molecule has 224 valence electrons. The Balaban J connectivity index is 1.56. The average molecular weight is 628 g/mol. The fourth-order valence-corrected chi connectivity index (χ4v) is 4.33. The lowest BCUT2D eigenvalue weighted by Gasteiger charge is -2.16. The van der Waals surface area contributed by atoms with E-state index in [4.69, 9.17) is 27.9 Å². The van der Waals surface area contributed by atoms with Crippen LogP contribution in [0, 0.1) is 0 Å². The number of carbonyl (C=O) groups excluding carboxylic acids is 3. The Hall–Kier alpha value is -4.79. The molecule has 0 aliphatic rings. The Kier molecular flexibility index (Phi) is 10.8. The lowest BCUT2D eigenvalue weighted by Crippen LogP contribution is -2.34. The number of halogens is 2. The fraction of sp³-hybridized carbons (Fsp3) is 0.222. The number of hydrogen-bond acceptors (Lipinski definition) is 9. The Labute approximate surface area is 255 Å². The molecule has 0 unspecified atom stereocenters. The highest BCUT2D eigenvalue weighted by Crippen LogP contribution is 2.29. The molecular formula is C27H27Cl2N9O5. The third-order valence-electron chi connectivity index (χ3n) is 5.93. The highest BCUT2D eigenvalue weighted by atomic mass is 35.5. The maximum absolute atomic E-state index is 13.1. The van der Waals surface area contributed by atoms with Crippen LogP contribution in [0.1, 0.15) is 23.9 Å². The highest BCUT2D eigenvalue weighted by molar-refractivity contribution is 6.32. The van der Waals surface area contributed by atoms with Crippen LogP contribution in [-0.4, -0.2) is 75.5 Å². The van der Waals surface area contributed by atoms with E-state index in [2.05, 4.69) is 46.2 Å². The van der Waals surface area contributed by atoms with Crippen molar-refractivity contribution in [3.05, 3.63) is 76.4 Å². The van der Waals surface area contributed by atoms with Gasteiger partial charge in [0, 0.05) is 41.6 Å². The molecule has 4 rings (SSSR count). The summed E-state index contributed by atoms with van der Waals surface area (Å²) in [5, 5.41) is 19.9. The lowest BCUT2D eigenvalue weighted by atomic mass is 10.1. The number of imidazole rings is 1. The van der Waals surface area contributed by atoms with E-state index in [1.165, 1.54) is 31.3 Å². The van der Waals surface area contributed by atoms with E-state index in [1.54, 1.807) is 48.5 Å². The smallest absolute Gasteiger partial charge is 0.411 e. The number of nitrogens with one attached hydrogen (secondary N) is 4. The largest absolute Gasteiger partial charge is 0.453 e. The van der Waals surface area contributed by atoms with Crippen molar-refractivity contribution in [1.82, 2.24) is 40.8 Å². The van der Waals surface area contributed by atoms with Crippen LogP contribution in [0.3, 0.4) is 0 Å². The minimum absolute atomic E-state index is 0.137. The Morgan fingerprint density at radius 1 is 1.12 bits per heavy atom. The number of aromatic nitrogens is 6. The molecule has 0 spiro atoms. The third-order valence-corrected chi connectivity index (χ3v) is 6.44. The molecule has 2 aromatic carbocycles. The first-order chi connectivity index (χ1) is 20.8. The molecule has 14 nitrogen and oxygen atoms in total. The van der Waals surface area contributed by atoms with Crippen molar-refractivity contribution in [3.63, 3.8) is 0 Å². The number of aromatic amines is 1. The van der Waals surface area contributed by atoms with Crippen LogP contribution < -0.4 is 16.0 Å². The van der Waals surface area contributed by atoms with Crippen LogP contribution in [-0.2, 0) is 19.1 Å². The summed E-state index contributed by atoms with van der Waals surface area (Å²) in [6.07, 6.45) is 3.53. The van der Waals surface area contributed by atoms with Gasteiger partial charge in [-0.1, -0.05) is 35.3 Å². The second-order valence-corrected chi connectivity index (χ2v) is 9.69. The average Bonchev–Trinajstić information content (AvgIpc) is 3.67. The molecule has 43 heavy (non-hydrogen) atoms. The lowest BCUT2D eigenvalue weighted by molar-refractivity contribution is -0.122. The van der Waals surface area contributed by atoms with Gasteiger partial charge in [0.1, 0.15) is 23.0 Å². The summed E-state index contributed by atoms with van der Waals surface area (Å²) in [6.45, 7) is 0.618. The van der Waals surface area contributed by atoms with Crippen molar-refractivity contribution in [2.75, 3.05) is 32.7 Å². The minimum Gasteiger partial charge on any atom is -0.453 e. The van der Waals surface area contributed by atoms with Crippen LogP contribution in [0.15, 0.2) is 54.9 Å². The summed E-state index contributed by atoms with van der Waals surface area (Å²) in [4.78, 5) is 44.8. The molecule has 4 N–H and O–H groups in total. The maximum Gasteiger partial charge on any atom is 0.411 e. The van der Waals surface area contributed by atoms with Crippen molar-refractivity contribution < 1.29 is 23.9 Å². The summed E-state index contributed by atoms with van der Waals surface area (Å²) in [7, 11) is 2.79. The minimum atomic E-state index is -0.871. The number of carbonyl (C=O) groups is 3. The molecule has 2 aromatic heterocycles. The molecule has 1 atom stereocenters. The molecule has 0 fully saturated rings. The van der Waals surface area contributed by atoms with Gasteiger partial charge in [-0.3, -0.25) is 14.9 Å². The number of nitrogens with zero attached hydrogens (tertiary/aromatic N) is 5. The second kappa shape index (κ2) is 14.9. The van der Waals surface area contributed by atoms with Crippen LogP contribution in [0.2, 0.25) is 10.2 Å². The van der Waals surface area contributed by atoms with E-state index >= 15 is 0 Å². The van der Waals surface area contributed by atoms with Gasteiger partial charge >= 0.3 is 6.09 Å². The molecule has 0 saturated heterocycles. The number of hydrogen-bond donors (Lipinski definition) is 4. The number of anilines is 1. The van der Waals surface area contributed by atoms with Gasteiger partial charge in [-0.15, -0.1) is 5.10 Å². The van der Waals surface area contributed by atoms with Gasteiger partial charge in [-0.05, 0) is 46.8 Å². The normalized spacial score (nSPS) is 11.7. The summed E-state index contributed by atoms with van der Waals surface area (Å²) in [5.41, 5.74) is 2.71. The van der Waals surface area contributed by atoms with E-state index in [0.717, 1.165) is 0 Å². The number of amides is 3. The maximum atomic E-state index is 13.1. The zero-order chi connectivity index (χ0) is 30.8. The first-order valence-corrected chi connectivity index (χ1v) is 13.5. The van der Waals surface area contributed by atoms with Gasteiger partial charge in [-0.2, -0.15) is 4.68 Å². The first kappa shape index (κ1) is 31.2. The highest BCUT2D eigenvalue weighted by Gasteiger charge is 2.23. The molecule has 0 bridgehead atoms. The molecule has 0 saturated carbocycles. The van der Waals surface area contributed by atoms with E-state index in [0.29, 0.717) is 46.4 Å². The number of H-pyrrole nitrogens is 1. The predicted molar refractivity (Wildman–Crippen MR) is 159 cm³/mol. The van der Waals surface area contributed by atoms with Crippen LogP contribution >= 0.6 is 23.2 Å². The molecular weight excluding hydrogens is 601 g/mol. The summed E-state index contributed by atoms with van der Waals surface area (Å²) in [6, 6.07) is 10.9. The molecule has 0 aliphatic heterocycles. The van der Waals surface area contributed by atoms with Crippen LogP contribution in [0.5, 0.6) is 0 Å². The fourth-order valence-electron chi connectivity index (χ4n) is 3.90. The predicted octanol–water partition coefficient (Wildman–Crippen LogP) is 3.56. The van der Waals surface area contributed by atoms with E-state index in [-0.39, 0.29) is 23.3 Å². The van der Waals surface area contributed by atoms with Crippen molar-refractivity contribution in [3.8, 4) is 16.9 Å². The number of rotatable bonds is 12. The van der Waals surface area contributed by atoms with Crippen molar-refractivity contribution in [2.24, 2.45) is 0 Å². The molecule has 0 aliphatic carbocycles. The number of tetrazole rings is 1. The quantitative estimate of drug-likeness (QED) is 0.135. The standard InChI is InChI=1S/C27H27Cl2N9O5/c1-42-12-11-30-23(40)14-20(26-34-24(25(29)35-26)16-3-7-19(8-4-16)32-27(41)43-2)33-22(39)10-5-17-13-18(28)6-9-21(17)38-15-31-36-37-38/h3-10,13,15,20H,11-12,14H2,1-2H3,(H,30,40)(H,32,41)(H,33,39)(H,34,35)/t20-/m0/s1. The molecule has 16 heteroatoms. The molecule has 0 radical (unpaired) electrons. The van der Waals surface area contributed by atoms with E-state index < -0.39 is 18.0 Å². The Bertz CT molecular complexity index is 1590. The molecule has 3 amide bonds. The van der Waals surface area contributed by atoms with Crippen molar-refractivity contribution in [1.29, 1.82) is 0 Å². The monoisotopic (exact) mass is 627 g/mol. The zero-order valence-electron chi connectivity index (χ0n) is 23.0. The van der Waals surface area contributed by atoms with Gasteiger partial charge < -0.3 is 25.1 Å². The topological polar surface area (TPSA) is 178 Å². The van der Waals surface area contributed by atoms with Gasteiger partial charge in [0.15, 0.2) is 0 Å². The molecule has 4 aromatic rings. The summed E-state index contributed by atoms with van der Waals surface area (Å²) in [5.74, 6) is -0.586. The SMILES string of the molecule is COCCNC(=O)C[C@H](NC(=O)C=Cc1cc(Cl)ccc1-n1cnnn1)c1nc(-c2ccc(NC(=O)OC)cc2)c(Cl)[nH]1.